The van der Waals surface area contributed by atoms with Crippen molar-refractivity contribution < 1.29 is 27.8 Å². The molecule has 0 radical (unpaired) electrons. The highest BCUT2D eigenvalue weighted by atomic mass is 19.2. The molecule has 0 aliphatic heterocycles. The number of allylic oxidation sites excluding steroid dienone is 4. The molecule has 1 aromatic rings. The predicted molar refractivity (Wildman–Crippen MR) is 140 cm³/mol. The number of hydrogen-bond donors (Lipinski definition) is 1. The Labute approximate surface area is 219 Å². The maximum Gasteiger partial charge on any atom is 0.158 e. The minimum atomic E-state index is -0.643. The summed E-state index contributed by atoms with van der Waals surface area (Å²) < 4.78 is 56.3. The lowest BCUT2D eigenvalue weighted by Crippen LogP contribution is -2.29. The number of halogens is 3. The molecule has 204 valence electrons. The molecule has 6 heteroatoms. The number of ether oxygens (including phenoxy) is 2. The smallest absolute Gasteiger partial charge is 0.158 e. The van der Waals surface area contributed by atoms with Crippen LogP contribution in [0, 0.1) is 29.5 Å². The van der Waals surface area contributed by atoms with Gasteiger partial charge in [-0.05, 0) is 101 Å². The Morgan fingerprint density at radius 1 is 1.05 bits per heavy atom. The van der Waals surface area contributed by atoms with Gasteiger partial charge in [-0.1, -0.05) is 18.2 Å². The average Bonchev–Trinajstić information content (AvgIpc) is 2.90. The van der Waals surface area contributed by atoms with Gasteiger partial charge < -0.3 is 14.6 Å². The molecule has 2 fully saturated rings. The highest BCUT2D eigenvalue weighted by Gasteiger charge is 2.37. The minimum Gasteiger partial charge on any atom is -0.493 e. The van der Waals surface area contributed by atoms with Crippen molar-refractivity contribution in [3.63, 3.8) is 0 Å². The van der Waals surface area contributed by atoms with Crippen LogP contribution in [0.4, 0.5) is 13.2 Å². The zero-order chi connectivity index (χ0) is 26.4. The van der Waals surface area contributed by atoms with Crippen LogP contribution in [0.25, 0.3) is 0 Å². The van der Waals surface area contributed by atoms with Crippen molar-refractivity contribution >= 4 is 0 Å². The summed E-state index contributed by atoms with van der Waals surface area (Å²) in [7, 11) is 0. The van der Waals surface area contributed by atoms with Crippen LogP contribution < -0.4 is 4.74 Å². The minimum absolute atomic E-state index is 0.00117. The second-order valence-electron chi connectivity index (χ2n) is 11.0. The van der Waals surface area contributed by atoms with Gasteiger partial charge in [-0.25, -0.2) is 13.2 Å². The zero-order valence-electron chi connectivity index (χ0n) is 21.9. The largest absolute Gasteiger partial charge is 0.493 e. The maximum atomic E-state index is 15.2. The van der Waals surface area contributed by atoms with Crippen molar-refractivity contribution in [3.8, 4) is 5.75 Å². The van der Waals surface area contributed by atoms with E-state index in [2.05, 4.69) is 6.58 Å². The lowest BCUT2D eigenvalue weighted by atomic mass is 9.70. The van der Waals surface area contributed by atoms with Crippen LogP contribution >= 0.6 is 0 Å². The third-order valence-corrected chi connectivity index (χ3v) is 8.65. The summed E-state index contributed by atoms with van der Waals surface area (Å²) in [6.45, 7) is 6.10. The molecule has 2 unspecified atom stereocenters. The lowest BCUT2D eigenvalue weighted by molar-refractivity contribution is 0.00878. The third kappa shape index (κ3) is 7.08. The second-order valence-corrected chi connectivity index (χ2v) is 11.0. The first-order valence-electron chi connectivity index (χ1n) is 13.9. The third-order valence-electron chi connectivity index (χ3n) is 8.65. The summed E-state index contributed by atoms with van der Waals surface area (Å²) in [5.41, 5.74) is 1.01. The zero-order valence-corrected chi connectivity index (χ0v) is 21.9. The Morgan fingerprint density at radius 3 is 2.43 bits per heavy atom. The van der Waals surface area contributed by atoms with Gasteiger partial charge in [0.25, 0.3) is 0 Å². The standard InChI is InChI=1S/C31H41F3O3/c1-3-4-17-36-26-14-11-24(29(32)18-26)19-37-25-12-9-23(10-13-25)28-16-15-27(30(33)31(28)34)22-7-5-21(6-8-22)20(2)35/h3,11,14,16,18,20-23,25,27,35H,1,4-10,12-13,15,17,19H2,2H3. The molecule has 0 saturated heterocycles. The number of benzene rings is 1. The van der Waals surface area contributed by atoms with Crippen LogP contribution in [-0.4, -0.2) is 23.9 Å². The van der Waals surface area contributed by atoms with Crippen molar-refractivity contribution in [2.75, 3.05) is 6.61 Å². The molecule has 0 amide bonds. The van der Waals surface area contributed by atoms with Crippen molar-refractivity contribution in [3.05, 3.63) is 65.5 Å². The molecule has 4 rings (SSSR count). The van der Waals surface area contributed by atoms with Crippen LogP contribution in [0.2, 0.25) is 0 Å². The van der Waals surface area contributed by atoms with E-state index in [4.69, 9.17) is 9.47 Å². The molecule has 3 aliphatic rings. The second kappa shape index (κ2) is 13.1. The van der Waals surface area contributed by atoms with Crippen LogP contribution in [0.15, 0.2) is 54.2 Å². The van der Waals surface area contributed by atoms with Crippen molar-refractivity contribution in [1.82, 2.24) is 0 Å². The van der Waals surface area contributed by atoms with E-state index in [-0.39, 0.29) is 48.3 Å². The summed E-state index contributed by atoms with van der Waals surface area (Å²) in [5, 5.41) is 9.83. The fourth-order valence-corrected chi connectivity index (χ4v) is 6.27. The molecule has 1 aromatic carbocycles. The first-order chi connectivity index (χ1) is 17.9. The number of rotatable bonds is 10. The fourth-order valence-electron chi connectivity index (χ4n) is 6.27. The van der Waals surface area contributed by atoms with Gasteiger partial charge in [0.1, 0.15) is 17.4 Å². The number of aliphatic hydroxyl groups excluding tert-OH is 1. The van der Waals surface area contributed by atoms with Gasteiger partial charge in [-0.3, -0.25) is 0 Å². The SMILES string of the molecule is C=CCCOc1ccc(COC2CCC(C3=CCC(C4CCC(C(C)O)CC4)C(F)=C3F)CC2)c(F)c1. The van der Waals surface area contributed by atoms with Gasteiger partial charge in [0.2, 0.25) is 0 Å². The van der Waals surface area contributed by atoms with E-state index in [9.17, 15) is 9.50 Å². The Morgan fingerprint density at radius 2 is 1.78 bits per heavy atom. The number of aliphatic hydroxyl groups is 1. The van der Waals surface area contributed by atoms with Crippen LogP contribution in [0.1, 0.15) is 76.7 Å². The molecule has 0 heterocycles. The van der Waals surface area contributed by atoms with E-state index < -0.39 is 11.7 Å². The first-order valence-corrected chi connectivity index (χ1v) is 13.9. The van der Waals surface area contributed by atoms with Crippen molar-refractivity contribution in [2.24, 2.45) is 23.7 Å². The monoisotopic (exact) mass is 518 g/mol. The molecule has 3 nitrogen and oxygen atoms in total. The van der Waals surface area contributed by atoms with Crippen LogP contribution in [0.5, 0.6) is 5.75 Å². The van der Waals surface area contributed by atoms with Crippen molar-refractivity contribution in [2.45, 2.75) is 89.9 Å². The molecule has 37 heavy (non-hydrogen) atoms. The first kappa shape index (κ1) is 28.0. The Bertz CT molecular complexity index is 970. The van der Waals surface area contributed by atoms with Crippen molar-refractivity contribution in [1.29, 1.82) is 0 Å². The molecule has 1 N–H and O–H groups in total. The summed E-state index contributed by atoms with van der Waals surface area (Å²) in [6, 6.07) is 4.81. The molecular weight excluding hydrogens is 477 g/mol. The Hall–Kier alpha value is -2.05. The van der Waals surface area contributed by atoms with E-state index in [0.717, 1.165) is 51.4 Å². The molecule has 0 bridgehead atoms. The van der Waals surface area contributed by atoms with Gasteiger partial charge in [0.15, 0.2) is 5.83 Å². The highest BCUT2D eigenvalue weighted by molar-refractivity contribution is 5.35. The average molecular weight is 519 g/mol. The molecule has 2 atom stereocenters. The fraction of sp³-hybridized carbons (Fsp3) is 0.613. The topological polar surface area (TPSA) is 38.7 Å². The normalized spacial score (nSPS) is 29.5. The molecule has 0 spiro atoms. The van der Waals surface area contributed by atoms with E-state index in [1.54, 1.807) is 18.2 Å². The summed E-state index contributed by atoms with van der Waals surface area (Å²) in [5.74, 6) is -1.02. The summed E-state index contributed by atoms with van der Waals surface area (Å²) in [6.07, 6.45) is 11.0. The van der Waals surface area contributed by atoms with Gasteiger partial charge in [0, 0.05) is 17.5 Å². The van der Waals surface area contributed by atoms with E-state index >= 15 is 8.78 Å². The van der Waals surface area contributed by atoms with Gasteiger partial charge in [0.05, 0.1) is 25.4 Å². The summed E-state index contributed by atoms with van der Waals surface area (Å²) >= 11 is 0. The van der Waals surface area contributed by atoms with Gasteiger partial charge >= 0.3 is 0 Å². The quantitative estimate of drug-likeness (QED) is 0.251. The Balaban J connectivity index is 1.24. The maximum absolute atomic E-state index is 15.2. The van der Waals surface area contributed by atoms with Crippen LogP contribution in [-0.2, 0) is 11.3 Å². The predicted octanol–water partition coefficient (Wildman–Crippen LogP) is 8.14. The molecule has 2 saturated carbocycles. The van der Waals surface area contributed by atoms with E-state index in [1.807, 2.05) is 13.0 Å². The van der Waals surface area contributed by atoms with Gasteiger partial charge in [-0.15, -0.1) is 6.58 Å². The molecule has 3 aliphatic carbocycles. The Kier molecular flexibility index (Phi) is 9.94. The van der Waals surface area contributed by atoms with E-state index in [1.165, 1.54) is 6.07 Å². The molecular formula is C31H41F3O3. The van der Waals surface area contributed by atoms with E-state index in [0.29, 0.717) is 36.3 Å². The number of hydrogen-bond acceptors (Lipinski definition) is 3. The highest BCUT2D eigenvalue weighted by Crippen LogP contribution is 2.46. The summed E-state index contributed by atoms with van der Waals surface area (Å²) in [4.78, 5) is 0. The molecule has 0 aromatic heterocycles. The van der Waals surface area contributed by atoms with Crippen LogP contribution in [0.3, 0.4) is 0 Å². The van der Waals surface area contributed by atoms with Gasteiger partial charge in [-0.2, -0.15) is 0 Å². The lowest BCUT2D eigenvalue weighted by Gasteiger charge is -2.36.